The highest BCUT2D eigenvalue weighted by Gasteiger charge is 2.31. The van der Waals surface area contributed by atoms with Crippen LogP contribution in [0.4, 0.5) is 0 Å². The number of aryl methyl sites for hydroxylation is 1. The Hall–Kier alpha value is -2.53. The Balaban J connectivity index is 1.46. The Bertz CT molecular complexity index is 1000. The number of aromatic nitrogens is 2. The number of benzene rings is 2. The van der Waals surface area contributed by atoms with Gasteiger partial charge in [0.2, 0.25) is 5.91 Å². The van der Waals surface area contributed by atoms with Gasteiger partial charge in [0.1, 0.15) is 11.6 Å². The normalized spacial score (nSPS) is 16.5. The first-order chi connectivity index (χ1) is 14.1. The fourth-order valence-corrected chi connectivity index (χ4v) is 4.30. The summed E-state index contributed by atoms with van der Waals surface area (Å²) in [7, 11) is 0. The molecule has 0 radical (unpaired) electrons. The lowest BCUT2D eigenvalue weighted by atomic mass is 10.2. The molecule has 3 aromatic rings. The molecule has 0 saturated carbocycles. The van der Waals surface area contributed by atoms with Crippen LogP contribution >= 0.6 is 11.6 Å². The molecular formula is C23H26ClN3O2. The van der Waals surface area contributed by atoms with Crippen LogP contribution in [0.25, 0.3) is 11.0 Å². The minimum absolute atomic E-state index is 0.0688. The van der Waals surface area contributed by atoms with E-state index in [-0.39, 0.29) is 11.9 Å². The SMILES string of the molecule is CC(=O)N1CCC[C@@H]1c1nc2ccccc2n1CCCCOc1ccccc1Cl. The Labute approximate surface area is 176 Å². The fourth-order valence-electron chi connectivity index (χ4n) is 4.11. The first kappa shape index (κ1) is 19.8. The van der Waals surface area contributed by atoms with Gasteiger partial charge in [0.15, 0.2) is 0 Å². The number of imidazole rings is 1. The van der Waals surface area contributed by atoms with Crippen molar-refractivity contribution in [3.8, 4) is 5.75 Å². The van der Waals surface area contributed by atoms with E-state index in [9.17, 15) is 4.79 Å². The molecule has 152 valence electrons. The molecule has 1 amide bonds. The summed E-state index contributed by atoms with van der Waals surface area (Å²) in [6, 6.07) is 15.8. The lowest BCUT2D eigenvalue weighted by Gasteiger charge is -2.24. The summed E-state index contributed by atoms with van der Waals surface area (Å²) in [4.78, 5) is 18.9. The number of unbranched alkanes of at least 4 members (excludes halogenated alkanes) is 1. The van der Waals surface area contributed by atoms with Crippen molar-refractivity contribution in [3.63, 3.8) is 0 Å². The van der Waals surface area contributed by atoms with Gasteiger partial charge in [-0.15, -0.1) is 0 Å². The van der Waals surface area contributed by atoms with E-state index in [0.717, 1.165) is 61.4 Å². The van der Waals surface area contributed by atoms with Crippen LogP contribution in [0.2, 0.25) is 5.02 Å². The Kier molecular flexibility index (Phi) is 6.05. The zero-order chi connectivity index (χ0) is 20.2. The molecule has 2 aromatic carbocycles. The van der Waals surface area contributed by atoms with Crippen LogP contribution in [-0.2, 0) is 11.3 Å². The second kappa shape index (κ2) is 8.87. The van der Waals surface area contributed by atoms with Crippen molar-refractivity contribution >= 4 is 28.5 Å². The molecule has 29 heavy (non-hydrogen) atoms. The molecule has 0 unspecified atom stereocenters. The number of ether oxygens (including phenoxy) is 1. The van der Waals surface area contributed by atoms with Crippen LogP contribution in [0.1, 0.15) is 44.5 Å². The molecule has 1 aliphatic rings. The molecule has 0 aliphatic carbocycles. The topological polar surface area (TPSA) is 47.4 Å². The molecule has 5 nitrogen and oxygen atoms in total. The number of hydrogen-bond donors (Lipinski definition) is 0. The van der Waals surface area contributed by atoms with Gasteiger partial charge in [-0.3, -0.25) is 4.79 Å². The van der Waals surface area contributed by atoms with Crippen molar-refractivity contribution in [3.05, 3.63) is 59.4 Å². The van der Waals surface area contributed by atoms with Crippen molar-refractivity contribution in [1.82, 2.24) is 14.5 Å². The predicted octanol–water partition coefficient (Wildman–Crippen LogP) is 5.23. The van der Waals surface area contributed by atoms with Crippen LogP contribution in [0.3, 0.4) is 0 Å². The maximum absolute atomic E-state index is 12.1. The Morgan fingerprint density at radius 1 is 1.17 bits per heavy atom. The average molecular weight is 412 g/mol. The standard InChI is InChI=1S/C23H26ClN3O2/c1-17(28)26-15-8-12-21(26)23-25-19-10-3-4-11-20(19)27(23)14-6-7-16-29-22-13-5-2-9-18(22)24/h2-5,9-11,13,21H,6-8,12,14-16H2,1H3/t21-/m1/s1. The fraction of sp³-hybridized carbons (Fsp3) is 0.391. The molecule has 4 rings (SSSR count). The molecule has 1 atom stereocenters. The molecule has 2 heterocycles. The molecule has 1 fully saturated rings. The van der Waals surface area contributed by atoms with E-state index >= 15 is 0 Å². The lowest BCUT2D eigenvalue weighted by Crippen LogP contribution is -2.30. The van der Waals surface area contributed by atoms with Gasteiger partial charge in [-0.05, 0) is 49.9 Å². The van der Waals surface area contributed by atoms with Crippen molar-refractivity contribution in [2.45, 2.75) is 45.2 Å². The van der Waals surface area contributed by atoms with Gasteiger partial charge in [-0.1, -0.05) is 35.9 Å². The average Bonchev–Trinajstić information content (AvgIpc) is 3.34. The molecule has 1 saturated heterocycles. The molecule has 1 aromatic heterocycles. The van der Waals surface area contributed by atoms with Gasteiger partial charge in [0, 0.05) is 20.0 Å². The summed E-state index contributed by atoms with van der Waals surface area (Å²) in [5, 5.41) is 0.640. The zero-order valence-electron chi connectivity index (χ0n) is 16.7. The smallest absolute Gasteiger partial charge is 0.220 e. The molecule has 0 N–H and O–H groups in total. The van der Waals surface area contributed by atoms with E-state index in [1.54, 1.807) is 6.92 Å². The largest absolute Gasteiger partial charge is 0.492 e. The van der Waals surface area contributed by atoms with Crippen LogP contribution in [0, 0.1) is 0 Å². The molecule has 0 bridgehead atoms. The monoisotopic (exact) mass is 411 g/mol. The minimum atomic E-state index is 0.0688. The van der Waals surface area contributed by atoms with Crippen molar-refractivity contribution < 1.29 is 9.53 Å². The maximum atomic E-state index is 12.1. The molecule has 1 aliphatic heterocycles. The van der Waals surface area contributed by atoms with Gasteiger partial charge >= 0.3 is 0 Å². The third-order valence-corrected chi connectivity index (χ3v) is 5.82. The van der Waals surface area contributed by atoms with Crippen LogP contribution < -0.4 is 4.74 Å². The van der Waals surface area contributed by atoms with Gasteiger partial charge in [-0.25, -0.2) is 4.98 Å². The number of para-hydroxylation sites is 3. The van der Waals surface area contributed by atoms with Gasteiger partial charge in [-0.2, -0.15) is 0 Å². The molecular weight excluding hydrogens is 386 g/mol. The molecule has 0 spiro atoms. The number of nitrogens with zero attached hydrogens (tertiary/aromatic N) is 3. The third kappa shape index (κ3) is 4.25. The summed E-state index contributed by atoms with van der Waals surface area (Å²) in [6.45, 7) is 3.94. The van der Waals surface area contributed by atoms with Gasteiger partial charge < -0.3 is 14.2 Å². The van der Waals surface area contributed by atoms with E-state index in [0.29, 0.717) is 11.6 Å². The van der Waals surface area contributed by atoms with E-state index in [2.05, 4.69) is 10.6 Å². The lowest BCUT2D eigenvalue weighted by molar-refractivity contribution is -0.129. The minimum Gasteiger partial charge on any atom is -0.492 e. The second-order valence-corrected chi connectivity index (χ2v) is 7.87. The van der Waals surface area contributed by atoms with Crippen LogP contribution in [0.5, 0.6) is 5.75 Å². The van der Waals surface area contributed by atoms with Crippen molar-refractivity contribution in [2.75, 3.05) is 13.2 Å². The number of carbonyl (C=O) groups excluding carboxylic acids is 1. The summed E-state index contributed by atoms with van der Waals surface area (Å²) < 4.78 is 8.10. The van der Waals surface area contributed by atoms with E-state index < -0.39 is 0 Å². The zero-order valence-corrected chi connectivity index (χ0v) is 17.4. The van der Waals surface area contributed by atoms with Gasteiger partial charge in [0.05, 0.1) is 28.7 Å². The van der Waals surface area contributed by atoms with Crippen molar-refractivity contribution in [1.29, 1.82) is 0 Å². The molecule has 6 heteroatoms. The van der Waals surface area contributed by atoms with Crippen LogP contribution in [0.15, 0.2) is 48.5 Å². The third-order valence-electron chi connectivity index (χ3n) is 5.51. The highest BCUT2D eigenvalue weighted by molar-refractivity contribution is 6.32. The number of fused-ring (bicyclic) bond motifs is 1. The highest BCUT2D eigenvalue weighted by atomic mass is 35.5. The Morgan fingerprint density at radius 3 is 2.79 bits per heavy atom. The highest BCUT2D eigenvalue weighted by Crippen LogP contribution is 2.33. The second-order valence-electron chi connectivity index (χ2n) is 7.47. The number of halogens is 1. The quantitative estimate of drug-likeness (QED) is 0.500. The first-order valence-electron chi connectivity index (χ1n) is 10.2. The number of amides is 1. The summed E-state index contributed by atoms with van der Waals surface area (Å²) >= 11 is 6.15. The van der Waals surface area contributed by atoms with E-state index in [1.807, 2.05) is 47.4 Å². The van der Waals surface area contributed by atoms with Gasteiger partial charge in [0.25, 0.3) is 0 Å². The Morgan fingerprint density at radius 2 is 1.97 bits per heavy atom. The van der Waals surface area contributed by atoms with E-state index in [1.165, 1.54) is 0 Å². The summed E-state index contributed by atoms with van der Waals surface area (Å²) in [5.74, 6) is 1.86. The van der Waals surface area contributed by atoms with E-state index in [4.69, 9.17) is 21.3 Å². The number of likely N-dealkylation sites (tertiary alicyclic amines) is 1. The first-order valence-corrected chi connectivity index (χ1v) is 10.6. The van der Waals surface area contributed by atoms with Crippen LogP contribution in [-0.4, -0.2) is 33.5 Å². The maximum Gasteiger partial charge on any atom is 0.220 e. The number of carbonyl (C=O) groups is 1. The predicted molar refractivity (Wildman–Crippen MR) is 115 cm³/mol. The number of rotatable bonds is 7. The van der Waals surface area contributed by atoms with Crippen molar-refractivity contribution in [2.24, 2.45) is 0 Å². The summed E-state index contributed by atoms with van der Waals surface area (Å²) in [5.41, 5.74) is 2.12. The number of hydrogen-bond acceptors (Lipinski definition) is 3. The summed E-state index contributed by atoms with van der Waals surface area (Å²) in [6.07, 6.45) is 3.88.